The van der Waals surface area contributed by atoms with Crippen LogP contribution < -0.4 is 14.8 Å². The molecule has 0 aliphatic heterocycles. The van der Waals surface area contributed by atoms with Gasteiger partial charge in [-0.25, -0.2) is 0 Å². The Kier molecular flexibility index (Phi) is 12.4. The molecule has 0 amide bonds. The monoisotopic (exact) mass is 539 g/mol. The molecule has 0 bridgehead atoms. The average Bonchev–Trinajstić information content (AvgIpc) is 2.92. The minimum Gasteiger partial charge on any atom is -0.489 e. The average molecular weight is 540 g/mol. The number of amidine groups is 1. The van der Waals surface area contributed by atoms with Gasteiger partial charge in [-0.3, -0.25) is 4.99 Å². The second-order valence-corrected chi connectivity index (χ2v) is 9.48. The van der Waals surface area contributed by atoms with Gasteiger partial charge < -0.3 is 24.3 Å². The summed E-state index contributed by atoms with van der Waals surface area (Å²) >= 11 is 6.56. The molecule has 2 aromatic carbocycles. The van der Waals surface area contributed by atoms with Crippen molar-refractivity contribution in [2.75, 3.05) is 34.5 Å². The first-order valence-electron chi connectivity index (χ1n) is 12.4. The minimum atomic E-state index is -0.560. The van der Waals surface area contributed by atoms with E-state index in [0.29, 0.717) is 22.9 Å². The van der Waals surface area contributed by atoms with Crippen molar-refractivity contribution >= 4 is 17.4 Å². The first kappa shape index (κ1) is 30.9. The fraction of sp³-hybridized carbons (Fsp3) is 0.400. The van der Waals surface area contributed by atoms with Crippen LogP contribution in [-0.2, 0) is 14.9 Å². The van der Waals surface area contributed by atoms with Crippen molar-refractivity contribution in [3.8, 4) is 17.6 Å². The van der Waals surface area contributed by atoms with Crippen molar-refractivity contribution in [3.05, 3.63) is 82.0 Å². The summed E-state index contributed by atoms with van der Waals surface area (Å²) < 4.78 is 22.1. The van der Waals surface area contributed by atoms with Gasteiger partial charge in [-0.1, -0.05) is 50.6 Å². The van der Waals surface area contributed by atoms with E-state index in [1.807, 2.05) is 55.6 Å². The maximum atomic E-state index is 9.77. The van der Waals surface area contributed by atoms with Crippen LogP contribution in [-0.4, -0.2) is 46.6 Å². The fourth-order valence-corrected chi connectivity index (χ4v) is 3.91. The second kappa shape index (κ2) is 15.2. The zero-order chi connectivity index (χ0) is 28.1. The fourth-order valence-electron chi connectivity index (χ4n) is 3.64. The molecule has 0 atom stereocenters. The molecule has 0 heterocycles. The number of allylic oxidation sites excluding steroid dienone is 1. The molecule has 0 radical (unpaired) electrons. The van der Waals surface area contributed by atoms with E-state index in [2.05, 4.69) is 43.2 Å². The van der Waals surface area contributed by atoms with E-state index >= 15 is 0 Å². The first-order valence-corrected chi connectivity index (χ1v) is 12.8. The quantitative estimate of drug-likeness (QED) is 0.137. The lowest BCUT2D eigenvalue weighted by molar-refractivity contribution is -0.121. The largest absolute Gasteiger partial charge is 0.489 e. The summed E-state index contributed by atoms with van der Waals surface area (Å²) in [5, 5.41) is 13.2. The van der Waals surface area contributed by atoms with Gasteiger partial charge in [0.2, 0.25) is 0 Å². The number of methoxy groups -OCH3 is 2. The number of hydrogen-bond acceptors (Lipinski definition) is 6. The standard InChI is InChI=1S/C30H38ClN3O4/c1-8-9-22(14-15-34-21(2)33-5)19-37-26-12-10-24(11-13-26)30(3,4)25-16-23(18-32)29(27(31)17-25)38-20-28(35-6)36-7/h9-17,28H,8,19-20H2,1-7H3,(H,33,34)/b15-14-,22-9-. The van der Waals surface area contributed by atoms with E-state index in [1.165, 1.54) is 14.2 Å². The first-order chi connectivity index (χ1) is 18.2. The third kappa shape index (κ3) is 8.63. The second-order valence-electron chi connectivity index (χ2n) is 9.07. The van der Waals surface area contributed by atoms with Crippen molar-refractivity contribution in [2.24, 2.45) is 4.99 Å². The summed E-state index contributed by atoms with van der Waals surface area (Å²) in [6.45, 7) is 8.74. The number of nitrogens with zero attached hydrogens (tertiary/aromatic N) is 2. The van der Waals surface area contributed by atoms with Crippen LogP contribution in [0.3, 0.4) is 0 Å². The van der Waals surface area contributed by atoms with Gasteiger partial charge in [-0.2, -0.15) is 5.26 Å². The van der Waals surface area contributed by atoms with Gasteiger partial charge in [-0.05, 0) is 60.4 Å². The molecule has 0 saturated carbocycles. The summed E-state index contributed by atoms with van der Waals surface area (Å²) in [6, 6.07) is 13.8. The highest BCUT2D eigenvalue weighted by atomic mass is 35.5. The van der Waals surface area contributed by atoms with Gasteiger partial charge in [0.1, 0.15) is 25.0 Å². The summed E-state index contributed by atoms with van der Waals surface area (Å²) in [5.41, 5.74) is 2.95. The Bertz CT molecular complexity index is 1180. The van der Waals surface area contributed by atoms with E-state index < -0.39 is 11.7 Å². The molecule has 2 aromatic rings. The molecule has 38 heavy (non-hydrogen) atoms. The number of nitriles is 1. The number of rotatable bonds is 13. The lowest BCUT2D eigenvalue weighted by Crippen LogP contribution is -2.23. The lowest BCUT2D eigenvalue weighted by atomic mass is 9.77. The Morgan fingerprint density at radius 2 is 1.82 bits per heavy atom. The summed E-state index contributed by atoms with van der Waals surface area (Å²) in [7, 11) is 4.79. The van der Waals surface area contributed by atoms with Crippen LogP contribution in [0.15, 0.2) is 65.3 Å². The predicted molar refractivity (Wildman–Crippen MR) is 153 cm³/mol. The van der Waals surface area contributed by atoms with Crippen LogP contribution in [0.1, 0.15) is 50.8 Å². The van der Waals surface area contributed by atoms with Crippen molar-refractivity contribution in [1.29, 1.82) is 5.26 Å². The van der Waals surface area contributed by atoms with Gasteiger partial charge in [-0.15, -0.1) is 0 Å². The molecule has 0 aliphatic rings. The molecule has 7 nitrogen and oxygen atoms in total. The molecular weight excluding hydrogens is 502 g/mol. The topological polar surface area (TPSA) is 85.1 Å². The Balaban J connectivity index is 2.18. The van der Waals surface area contributed by atoms with Crippen LogP contribution >= 0.6 is 11.6 Å². The smallest absolute Gasteiger partial charge is 0.191 e. The third-order valence-corrected chi connectivity index (χ3v) is 6.43. The predicted octanol–water partition coefficient (Wildman–Crippen LogP) is 6.40. The maximum absolute atomic E-state index is 9.77. The zero-order valence-corrected chi connectivity index (χ0v) is 24.1. The van der Waals surface area contributed by atoms with Gasteiger partial charge in [0.05, 0.1) is 16.4 Å². The molecule has 0 aliphatic carbocycles. The summed E-state index contributed by atoms with van der Waals surface area (Å²) in [6.07, 6.45) is 6.33. The molecule has 204 valence electrons. The highest BCUT2D eigenvalue weighted by molar-refractivity contribution is 6.32. The lowest BCUT2D eigenvalue weighted by Gasteiger charge is -2.27. The molecule has 0 spiro atoms. The van der Waals surface area contributed by atoms with E-state index in [-0.39, 0.29) is 6.61 Å². The molecular formula is C30H38ClN3O4. The van der Waals surface area contributed by atoms with Gasteiger partial charge in [0.25, 0.3) is 0 Å². The van der Waals surface area contributed by atoms with Crippen LogP contribution in [0.25, 0.3) is 0 Å². The van der Waals surface area contributed by atoms with Crippen molar-refractivity contribution in [2.45, 2.75) is 45.8 Å². The molecule has 0 unspecified atom stereocenters. The van der Waals surface area contributed by atoms with Crippen molar-refractivity contribution in [3.63, 3.8) is 0 Å². The van der Waals surface area contributed by atoms with Crippen molar-refractivity contribution < 1.29 is 18.9 Å². The zero-order valence-electron chi connectivity index (χ0n) is 23.3. The van der Waals surface area contributed by atoms with Crippen LogP contribution in [0.4, 0.5) is 0 Å². The number of ether oxygens (including phenoxy) is 4. The van der Waals surface area contributed by atoms with Crippen LogP contribution in [0.2, 0.25) is 5.02 Å². The Labute approximate surface area is 231 Å². The van der Waals surface area contributed by atoms with Gasteiger partial charge in [0.15, 0.2) is 12.0 Å². The van der Waals surface area contributed by atoms with E-state index in [9.17, 15) is 5.26 Å². The Morgan fingerprint density at radius 1 is 1.13 bits per heavy atom. The van der Waals surface area contributed by atoms with E-state index in [4.69, 9.17) is 30.5 Å². The van der Waals surface area contributed by atoms with Gasteiger partial charge >= 0.3 is 0 Å². The number of nitrogens with one attached hydrogen (secondary N) is 1. The highest BCUT2D eigenvalue weighted by Crippen LogP contribution is 2.38. The van der Waals surface area contributed by atoms with Crippen LogP contribution in [0, 0.1) is 11.3 Å². The molecule has 0 fully saturated rings. The third-order valence-electron chi connectivity index (χ3n) is 6.15. The molecule has 0 aromatic heterocycles. The SMILES string of the molecule is CC/C=C(/C=C\NC(C)=NC)COc1ccc(C(C)(C)c2cc(Cl)c(OCC(OC)OC)c(C#N)c2)cc1. The number of benzene rings is 2. The summed E-state index contributed by atoms with van der Waals surface area (Å²) in [4.78, 5) is 4.08. The molecule has 8 heteroatoms. The molecule has 2 rings (SSSR count). The summed E-state index contributed by atoms with van der Waals surface area (Å²) in [5.74, 6) is 1.92. The molecule has 1 N–H and O–H groups in total. The number of aliphatic imine (C=N–C) groups is 1. The Morgan fingerprint density at radius 3 is 2.39 bits per heavy atom. The van der Waals surface area contributed by atoms with Crippen molar-refractivity contribution in [1.82, 2.24) is 5.32 Å². The maximum Gasteiger partial charge on any atom is 0.191 e. The minimum absolute atomic E-state index is 0.111. The van der Waals surface area contributed by atoms with Crippen LogP contribution in [0.5, 0.6) is 11.5 Å². The van der Waals surface area contributed by atoms with E-state index in [0.717, 1.165) is 34.7 Å². The van der Waals surface area contributed by atoms with E-state index in [1.54, 1.807) is 7.05 Å². The number of hydrogen-bond donors (Lipinski definition) is 1. The van der Waals surface area contributed by atoms with Gasteiger partial charge in [0, 0.05) is 32.9 Å². The Hall–Kier alpha value is -3.31. The molecule has 0 saturated heterocycles. The number of halogens is 1. The highest BCUT2D eigenvalue weighted by Gasteiger charge is 2.26. The normalized spacial score (nSPS) is 12.6.